The van der Waals surface area contributed by atoms with Gasteiger partial charge in [0.15, 0.2) is 0 Å². The minimum Gasteiger partial charge on any atom is -0.465 e. The molecule has 0 aromatic heterocycles. The first kappa shape index (κ1) is 11.0. The van der Waals surface area contributed by atoms with Crippen molar-refractivity contribution in [1.29, 1.82) is 0 Å². The third-order valence-electron chi connectivity index (χ3n) is 1.89. The molecule has 0 atom stereocenters. The summed E-state index contributed by atoms with van der Waals surface area (Å²) in [7, 11) is -1.11. The van der Waals surface area contributed by atoms with Crippen LogP contribution in [0.2, 0.25) is 0 Å². The van der Waals surface area contributed by atoms with E-state index >= 15 is 0 Å². The van der Waals surface area contributed by atoms with Gasteiger partial charge >= 0.3 is 5.97 Å². The molecule has 0 fully saturated rings. The normalized spacial score (nSPS) is 11.1. The Morgan fingerprint density at radius 1 is 1.29 bits per heavy atom. The van der Waals surface area contributed by atoms with Crippen LogP contribution in [0, 0.1) is 0 Å². The fourth-order valence-corrected chi connectivity index (χ4v) is 2.42. The second-order valence-electron chi connectivity index (χ2n) is 3.36. The highest BCUT2D eigenvalue weighted by Gasteiger charge is 2.19. The molecule has 0 aliphatic heterocycles. The largest absolute Gasteiger partial charge is 0.465 e. The number of hydrogen-bond donors (Lipinski definition) is 0. The number of esters is 1. The van der Waals surface area contributed by atoms with Crippen molar-refractivity contribution in [3.05, 3.63) is 29.8 Å². The van der Waals surface area contributed by atoms with E-state index in [2.05, 4.69) is 4.74 Å². The predicted octanol–water partition coefficient (Wildman–Crippen LogP) is 1.72. The van der Waals surface area contributed by atoms with Gasteiger partial charge < -0.3 is 9.30 Å². The maximum Gasteiger partial charge on any atom is 0.338 e. The summed E-state index contributed by atoms with van der Waals surface area (Å²) in [6.07, 6.45) is 0. The average molecular weight is 212 g/mol. The highest BCUT2D eigenvalue weighted by Crippen LogP contribution is 2.35. The van der Waals surface area contributed by atoms with Gasteiger partial charge in [-0.05, 0) is 19.4 Å². The minimum atomic E-state index is -2.42. The standard InChI is InChI=1S/C10H13O3P/c1-13-10(11)8-6-4-5-7-9(8)14(2,3)12/h4-7H,1-3H3. The SMILES string of the molecule is COC(=O)c1ccccc1P(C)(C)=O. The predicted molar refractivity (Wildman–Crippen MR) is 56.9 cm³/mol. The Morgan fingerprint density at radius 3 is 2.36 bits per heavy atom. The lowest BCUT2D eigenvalue weighted by molar-refractivity contribution is 0.0602. The maximum absolute atomic E-state index is 11.8. The molecule has 3 nitrogen and oxygen atoms in total. The van der Waals surface area contributed by atoms with Crippen molar-refractivity contribution in [3.8, 4) is 0 Å². The molecule has 1 rings (SSSR count). The Labute approximate surface area is 83.5 Å². The molecule has 0 aliphatic carbocycles. The molecule has 1 aromatic rings. The van der Waals surface area contributed by atoms with E-state index in [-0.39, 0.29) is 0 Å². The maximum atomic E-state index is 11.8. The molecule has 1 aromatic carbocycles. The number of carbonyl (C=O) groups is 1. The molecule has 0 heterocycles. The second kappa shape index (κ2) is 3.97. The van der Waals surface area contributed by atoms with Gasteiger partial charge in [-0.2, -0.15) is 0 Å². The van der Waals surface area contributed by atoms with E-state index < -0.39 is 13.1 Å². The fourth-order valence-electron chi connectivity index (χ4n) is 1.23. The van der Waals surface area contributed by atoms with E-state index in [1.165, 1.54) is 7.11 Å². The van der Waals surface area contributed by atoms with Crippen LogP contribution in [-0.4, -0.2) is 26.4 Å². The van der Waals surface area contributed by atoms with E-state index in [4.69, 9.17) is 0 Å². The third-order valence-corrected chi connectivity index (χ3v) is 3.44. The van der Waals surface area contributed by atoms with Crippen molar-refractivity contribution in [2.24, 2.45) is 0 Å². The second-order valence-corrected chi connectivity index (χ2v) is 6.54. The number of methoxy groups -OCH3 is 1. The lowest BCUT2D eigenvalue weighted by Gasteiger charge is -2.10. The Balaban J connectivity index is 3.30. The molecule has 0 aliphatic rings. The Morgan fingerprint density at radius 2 is 1.86 bits per heavy atom. The van der Waals surface area contributed by atoms with Crippen molar-refractivity contribution < 1.29 is 14.1 Å². The molecule has 0 bridgehead atoms. The lowest BCUT2D eigenvalue weighted by atomic mass is 10.2. The molecule has 14 heavy (non-hydrogen) atoms. The van der Waals surface area contributed by atoms with Crippen LogP contribution < -0.4 is 5.30 Å². The lowest BCUT2D eigenvalue weighted by Crippen LogP contribution is -2.16. The zero-order valence-corrected chi connectivity index (χ0v) is 9.38. The van der Waals surface area contributed by atoms with Crippen LogP contribution in [0.4, 0.5) is 0 Å². The first-order valence-electron chi connectivity index (χ1n) is 4.19. The molecule has 0 saturated heterocycles. The van der Waals surface area contributed by atoms with Gasteiger partial charge in [0.1, 0.15) is 7.14 Å². The summed E-state index contributed by atoms with van der Waals surface area (Å²) in [4.78, 5) is 11.3. The van der Waals surface area contributed by atoms with Crippen molar-refractivity contribution in [3.63, 3.8) is 0 Å². The van der Waals surface area contributed by atoms with Crippen molar-refractivity contribution in [1.82, 2.24) is 0 Å². The highest BCUT2D eigenvalue weighted by molar-refractivity contribution is 7.70. The van der Waals surface area contributed by atoms with Gasteiger partial charge in [0.2, 0.25) is 0 Å². The van der Waals surface area contributed by atoms with Gasteiger partial charge in [-0.15, -0.1) is 0 Å². The molecule has 0 N–H and O–H groups in total. The number of rotatable bonds is 2. The summed E-state index contributed by atoms with van der Waals surface area (Å²) < 4.78 is 16.5. The molecule has 0 saturated carbocycles. The number of ether oxygens (including phenoxy) is 1. The molecular weight excluding hydrogens is 199 g/mol. The summed E-state index contributed by atoms with van der Waals surface area (Å²) in [6.45, 7) is 3.27. The van der Waals surface area contributed by atoms with Crippen LogP contribution >= 0.6 is 7.14 Å². The number of hydrogen-bond acceptors (Lipinski definition) is 3. The van der Waals surface area contributed by atoms with Gasteiger partial charge in [0.25, 0.3) is 0 Å². The van der Waals surface area contributed by atoms with Crippen LogP contribution in [0.5, 0.6) is 0 Å². The van der Waals surface area contributed by atoms with Crippen LogP contribution in [0.15, 0.2) is 24.3 Å². The zero-order chi connectivity index (χ0) is 10.8. The summed E-state index contributed by atoms with van der Waals surface area (Å²) >= 11 is 0. The zero-order valence-electron chi connectivity index (χ0n) is 8.48. The number of carbonyl (C=O) groups excluding carboxylic acids is 1. The topological polar surface area (TPSA) is 43.4 Å². The van der Waals surface area contributed by atoms with E-state index in [0.717, 1.165) is 0 Å². The molecule has 0 spiro atoms. The minimum absolute atomic E-state index is 0.392. The quantitative estimate of drug-likeness (QED) is 0.553. The van der Waals surface area contributed by atoms with Gasteiger partial charge in [-0.1, -0.05) is 18.2 Å². The van der Waals surface area contributed by atoms with Gasteiger partial charge in [-0.25, -0.2) is 4.79 Å². The molecule has 0 unspecified atom stereocenters. The van der Waals surface area contributed by atoms with E-state index in [9.17, 15) is 9.36 Å². The Hall–Kier alpha value is -1.08. The Kier molecular flexibility index (Phi) is 3.12. The first-order valence-corrected chi connectivity index (χ1v) is 6.80. The molecule has 0 amide bonds. The van der Waals surface area contributed by atoms with Gasteiger partial charge in [-0.3, -0.25) is 0 Å². The summed E-state index contributed by atoms with van der Waals surface area (Å²) in [5.74, 6) is -0.440. The molecule has 76 valence electrons. The van der Waals surface area contributed by atoms with Crippen LogP contribution in [-0.2, 0) is 9.30 Å². The van der Waals surface area contributed by atoms with E-state index in [1.807, 2.05) is 0 Å². The van der Waals surface area contributed by atoms with Gasteiger partial charge in [0, 0.05) is 5.30 Å². The van der Waals surface area contributed by atoms with Crippen LogP contribution in [0.1, 0.15) is 10.4 Å². The van der Waals surface area contributed by atoms with E-state index in [1.54, 1.807) is 37.6 Å². The smallest absolute Gasteiger partial charge is 0.338 e. The summed E-state index contributed by atoms with van der Waals surface area (Å²) in [5, 5.41) is 0.576. The van der Waals surface area contributed by atoms with Crippen LogP contribution in [0.3, 0.4) is 0 Å². The van der Waals surface area contributed by atoms with Gasteiger partial charge in [0.05, 0.1) is 12.7 Å². The summed E-state index contributed by atoms with van der Waals surface area (Å²) in [6, 6.07) is 6.82. The molecule has 0 radical (unpaired) electrons. The first-order chi connectivity index (χ1) is 6.46. The van der Waals surface area contributed by atoms with Crippen molar-refractivity contribution in [2.45, 2.75) is 0 Å². The Bertz CT molecular complexity index is 392. The molecule has 4 heteroatoms. The van der Waals surface area contributed by atoms with Crippen molar-refractivity contribution >= 4 is 18.4 Å². The van der Waals surface area contributed by atoms with Crippen LogP contribution in [0.25, 0.3) is 0 Å². The third kappa shape index (κ3) is 2.24. The highest BCUT2D eigenvalue weighted by atomic mass is 31.2. The van der Waals surface area contributed by atoms with E-state index in [0.29, 0.717) is 10.9 Å². The van der Waals surface area contributed by atoms with Crippen molar-refractivity contribution in [2.75, 3.05) is 20.4 Å². The summed E-state index contributed by atoms with van der Waals surface area (Å²) in [5.41, 5.74) is 0.392. The monoisotopic (exact) mass is 212 g/mol. The molecular formula is C10H13O3P. The average Bonchev–Trinajstić information content (AvgIpc) is 2.15. The fraction of sp³-hybridized carbons (Fsp3) is 0.300. The number of benzene rings is 1.